The number of carbonyl (C=O) groups is 1. The first-order chi connectivity index (χ1) is 20.9. The maximum atomic E-state index is 15.2. The second kappa shape index (κ2) is 13.9. The van der Waals surface area contributed by atoms with E-state index in [1.165, 1.54) is 61.9 Å². The zero-order valence-electron chi connectivity index (χ0n) is 23.8. The molecule has 9 nitrogen and oxygen atoms in total. The Morgan fingerprint density at radius 1 is 1.00 bits per heavy atom. The van der Waals surface area contributed by atoms with Crippen LogP contribution < -0.4 is 25.0 Å². The number of methoxy groups -OCH3 is 1. The van der Waals surface area contributed by atoms with Crippen LogP contribution in [-0.4, -0.2) is 55.5 Å². The normalized spacial score (nSPS) is 13.7. The molecule has 1 fully saturated rings. The number of nitrogens with zero attached hydrogens (tertiary/aromatic N) is 4. The third-order valence-corrected chi connectivity index (χ3v) is 7.09. The molecule has 2 heterocycles. The molecular formula is C32H33F2N5O4. The first kappa shape index (κ1) is 29.7. The van der Waals surface area contributed by atoms with Crippen molar-refractivity contribution < 1.29 is 27.8 Å². The molecule has 0 saturated carbocycles. The molecule has 2 N–H and O–H groups in total. The number of carbonyl (C=O) groups excluding carboxylic acids is 1. The number of ether oxygens (including phenoxy) is 3. The molecule has 0 bridgehead atoms. The van der Waals surface area contributed by atoms with E-state index in [4.69, 9.17) is 19.9 Å². The van der Waals surface area contributed by atoms with Crippen LogP contribution in [0.15, 0.2) is 72.0 Å². The van der Waals surface area contributed by atoms with Crippen molar-refractivity contribution in [2.75, 3.05) is 38.4 Å². The van der Waals surface area contributed by atoms with E-state index in [1.807, 2.05) is 0 Å². The van der Waals surface area contributed by atoms with Crippen LogP contribution in [0.25, 0.3) is 10.9 Å². The van der Waals surface area contributed by atoms with E-state index in [2.05, 4.69) is 15.0 Å². The van der Waals surface area contributed by atoms with E-state index >= 15 is 4.39 Å². The van der Waals surface area contributed by atoms with Crippen molar-refractivity contribution in [3.8, 4) is 23.0 Å². The van der Waals surface area contributed by atoms with Crippen molar-refractivity contribution in [1.82, 2.24) is 9.88 Å². The highest BCUT2D eigenvalue weighted by Gasteiger charge is 2.17. The van der Waals surface area contributed by atoms with Crippen LogP contribution in [0.5, 0.6) is 23.0 Å². The summed E-state index contributed by atoms with van der Waals surface area (Å²) in [4.78, 5) is 18.9. The lowest BCUT2D eigenvalue weighted by atomic mass is 10.1. The lowest BCUT2D eigenvalue weighted by Gasteiger charge is -2.26. The van der Waals surface area contributed by atoms with Gasteiger partial charge in [-0.3, -0.25) is 4.98 Å². The minimum absolute atomic E-state index is 0.0824. The van der Waals surface area contributed by atoms with Gasteiger partial charge in [0.1, 0.15) is 11.6 Å². The van der Waals surface area contributed by atoms with Crippen molar-refractivity contribution in [3.63, 3.8) is 0 Å². The van der Waals surface area contributed by atoms with Gasteiger partial charge in [-0.25, -0.2) is 13.6 Å². The number of aromatic nitrogens is 1. The maximum Gasteiger partial charge on any atom is 0.340 e. The highest BCUT2D eigenvalue weighted by atomic mass is 19.1. The molecule has 5 rings (SSSR count). The van der Waals surface area contributed by atoms with Gasteiger partial charge in [-0.05, 0) is 74.3 Å². The predicted octanol–water partition coefficient (Wildman–Crippen LogP) is 6.49. The molecule has 1 saturated heterocycles. The largest absolute Gasteiger partial charge is 0.493 e. The van der Waals surface area contributed by atoms with Gasteiger partial charge in [0.05, 0.1) is 31.1 Å². The van der Waals surface area contributed by atoms with Gasteiger partial charge in [0.15, 0.2) is 23.1 Å². The number of fused-ring (bicyclic) bond motifs is 1. The highest BCUT2D eigenvalue weighted by Crippen LogP contribution is 2.38. The molecular weight excluding hydrogens is 556 g/mol. The van der Waals surface area contributed by atoms with Crippen LogP contribution in [0.4, 0.5) is 19.3 Å². The minimum Gasteiger partial charge on any atom is -0.493 e. The molecule has 11 heteroatoms. The Morgan fingerprint density at radius 3 is 2.51 bits per heavy atom. The third kappa shape index (κ3) is 7.55. The van der Waals surface area contributed by atoms with E-state index in [9.17, 15) is 9.18 Å². The molecule has 224 valence electrons. The van der Waals surface area contributed by atoms with Crippen molar-refractivity contribution in [3.05, 3.63) is 84.1 Å². The van der Waals surface area contributed by atoms with Gasteiger partial charge in [0, 0.05) is 30.3 Å². The van der Waals surface area contributed by atoms with Gasteiger partial charge in [0.2, 0.25) is 0 Å². The van der Waals surface area contributed by atoms with Gasteiger partial charge >= 0.3 is 6.03 Å². The van der Waals surface area contributed by atoms with Crippen molar-refractivity contribution in [1.29, 1.82) is 0 Å². The van der Waals surface area contributed by atoms with Crippen LogP contribution in [0.2, 0.25) is 0 Å². The predicted molar refractivity (Wildman–Crippen MR) is 161 cm³/mol. The van der Waals surface area contributed by atoms with Crippen LogP contribution in [0, 0.1) is 11.6 Å². The Labute approximate surface area is 248 Å². The fraction of sp³-hybridized carbons (Fsp3) is 0.281. The van der Waals surface area contributed by atoms with E-state index in [-0.39, 0.29) is 11.4 Å². The molecule has 0 radical (unpaired) electrons. The first-order valence-corrected chi connectivity index (χ1v) is 14.1. The van der Waals surface area contributed by atoms with Crippen molar-refractivity contribution >= 4 is 28.8 Å². The number of hydrazone groups is 1. The first-order valence-electron chi connectivity index (χ1n) is 14.1. The number of benzene rings is 3. The summed E-state index contributed by atoms with van der Waals surface area (Å²) >= 11 is 0. The van der Waals surface area contributed by atoms with Gasteiger partial charge in [0.25, 0.3) is 0 Å². The fourth-order valence-corrected chi connectivity index (χ4v) is 4.89. The van der Waals surface area contributed by atoms with Crippen molar-refractivity contribution in [2.45, 2.75) is 25.7 Å². The number of anilines is 1. The fourth-order valence-electron chi connectivity index (χ4n) is 4.89. The van der Waals surface area contributed by atoms with E-state index < -0.39 is 17.7 Å². The van der Waals surface area contributed by atoms with Crippen LogP contribution in [-0.2, 0) is 0 Å². The molecule has 1 aromatic heterocycles. The number of rotatable bonds is 11. The summed E-state index contributed by atoms with van der Waals surface area (Å²) in [5, 5.41) is 5.47. The zero-order chi connectivity index (χ0) is 30.2. The number of urea groups is 1. The number of hydrogen-bond donors (Lipinski definition) is 1. The molecule has 2 amide bonds. The quantitative estimate of drug-likeness (QED) is 0.122. The smallest absolute Gasteiger partial charge is 0.340 e. The summed E-state index contributed by atoms with van der Waals surface area (Å²) in [5.74, 6) is 0.199. The molecule has 4 aromatic rings. The van der Waals surface area contributed by atoms with E-state index in [0.29, 0.717) is 40.3 Å². The Morgan fingerprint density at radius 2 is 1.79 bits per heavy atom. The summed E-state index contributed by atoms with van der Waals surface area (Å²) in [5.41, 5.74) is 6.67. The Kier molecular flexibility index (Phi) is 9.63. The Balaban J connectivity index is 1.30. The molecule has 1 aliphatic rings. The standard InChI is InChI=1S/C32H33F2N5O4/c1-41-30-19-25-27(20-31(30)42-17-5-16-38-14-3-2-4-15-38)36-13-12-28(25)43-29-11-10-24(18-26(29)34)39(32(35)40)37-21-22-6-8-23(33)9-7-22/h6-13,18-21H,2-5,14-17H2,1H3,(H2,35,40)/b37-21+. The summed E-state index contributed by atoms with van der Waals surface area (Å²) in [6.45, 7) is 3.82. The van der Waals surface area contributed by atoms with Crippen molar-refractivity contribution in [2.24, 2.45) is 10.8 Å². The molecule has 0 atom stereocenters. The average Bonchev–Trinajstić information content (AvgIpc) is 3.01. The maximum absolute atomic E-state index is 15.2. The van der Waals surface area contributed by atoms with Crippen LogP contribution in [0.3, 0.4) is 0 Å². The number of piperidine rings is 1. The zero-order valence-corrected chi connectivity index (χ0v) is 23.8. The lowest BCUT2D eigenvalue weighted by Crippen LogP contribution is -2.31. The highest BCUT2D eigenvalue weighted by molar-refractivity contribution is 5.93. The molecule has 0 aliphatic carbocycles. The Bertz CT molecular complexity index is 1590. The van der Waals surface area contributed by atoms with Gasteiger partial charge in [-0.15, -0.1) is 0 Å². The second-order valence-corrected chi connectivity index (χ2v) is 10.1. The summed E-state index contributed by atoms with van der Waals surface area (Å²) < 4.78 is 46.0. The van der Waals surface area contributed by atoms with Crippen LogP contribution in [0.1, 0.15) is 31.2 Å². The third-order valence-electron chi connectivity index (χ3n) is 7.09. The minimum atomic E-state index is -0.928. The molecule has 43 heavy (non-hydrogen) atoms. The Hall–Kier alpha value is -4.77. The second-order valence-electron chi connectivity index (χ2n) is 10.1. The number of nitrogens with two attached hydrogens (primary N) is 1. The average molecular weight is 590 g/mol. The van der Waals surface area contributed by atoms with Gasteiger partial charge in [-0.1, -0.05) is 18.6 Å². The summed E-state index contributed by atoms with van der Waals surface area (Å²) in [6, 6.07) is 13.6. The number of amides is 2. The van der Waals surface area contributed by atoms with Crippen LogP contribution >= 0.6 is 0 Å². The van der Waals surface area contributed by atoms with E-state index in [1.54, 1.807) is 31.5 Å². The van der Waals surface area contributed by atoms with E-state index in [0.717, 1.165) is 37.1 Å². The number of primary amides is 1. The summed E-state index contributed by atoms with van der Waals surface area (Å²) in [7, 11) is 1.56. The SMILES string of the molecule is COc1cc2c(Oc3ccc(N(/N=C/c4ccc(F)cc4)C(N)=O)cc3F)ccnc2cc1OCCCN1CCCCC1. The summed E-state index contributed by atoms with van der Waals surface area (Å²) in [6.07, 6.45) is 7.59. The number of pyridine rings is 1. The number of likely N-dealkylation sites (tertiary alicyclic amines) is 1. The lowest BCUT2D eigenvalue weighted by molar-refractivity contribution is 0.203. The topological polar surface area (TPSA) is 103 Å². The van der Waals surface area contributed by atoms with Gasteiger partial charge < -0.3 is 24.8 Å². The van der Waals surface area contributed by atoms with Gasteiger partial charge in [-0.2, -0.15) is 10.1 Å². The number of halogens is 2. The molecule has 0 spiro atoms. The molecule has 3 aromatic carbocycles. The monoisotopic (exact) mass is 589 g/mol. The number of hydrogen-bond acceptors (Lipinski definition) is 7. The molecule has 1 aliphatic heterocycles. The molecule has 0 unspecified atom stereocenters.